The van der Waals surface area contributed by atoms with Crippen LogP contribution in [0.5, 0.6) is 0 Å². The van der Waals surface area contributed by atoms with Gasteiger partial charge in [0.05, 0.1) is 23.0 Å². The maximum absolute atomic E-state index is 4.94. The molecule has 0 bridgehead atoms. The summed E-state index contributed by atoms with van der Waals surface area (Å²) < 4.78 is 2.11. The van der Waals surface area contributed by atoms with E-state index in [9.17, 15) is 0 Å². The number of imidazole rings is 2. The average molecular weight is 389 g/mol. The van der Waals surface area contributed by atoms with Gasteiger partial charge in [0.25, 0.3) is 0 Å². The van der Waals surface area contributed by atoms with Gasteiger partial charge in [0.1, 0.15) is 5.82 Å². The van der Waals surface area contributed by atoms with E-state index in [0.29, 0.717) is 0 Å². The first kappa shape index (κ1) is 18.6. The van der Waals surface area contributed by atoms with E-state index < -0.39 is 0 Å². The van der Waals surface area contributed by atoms with E-state index in [1.165, 1.54) is 0 Å². The van der Waals surface area contributed by atoms with Crippen molar-refractivity contribution in [1.82, 2.24) is 19.5 Å². The summed E-state index contributed by atoms with van der Waals surface area (Å²) in [7, 11) is 0. The fourth-order valence-electron chi connectivity index (χ4n) is 3.36. The number of H-pyrrole nitrogens is 1. The zero-order valence-corrected chi connectivity index (χ0v) is 16.6. The molecule has 1 N–H and O–H groups in total. The fourth-order valence-corrected chi connectivity index (χ4v) is 3.66. The van der Waals surface area contributed by atoms with Crippen molar-refractivity contribution in [1.29, 1.82) is 0 Å². The lowest BCUT2D eigenvalue weighted by Gasteiger charge is -2.08. The van der Waals surface area contributed by atoms with Crippen LogP contribution in [0.3, 0.4) is 0 Å². The highest BCUT2D eigenvalue weighted by Crippen LogP contribution is 2.34. The number of aromatic amines is 1. The Morgan fingerprint density at radius 3 is 2.32 bits per heavy atom. The van der Waals surface area contributed by atoms with E-state index in [1.807, 2.05) is 43.0 Å². The Kier molecular flexibility index (Phi) is 5.92. The topological polar surface area (TPSA) is 46.5 Å². The number of aryl methyl sites for hydroxylation is 1. The number of hydrogen-bond acceptors (Lipinski definition) is 3. The van der Waals surface area contributed by atoms with E-state index in [0.717, 1.165) is 54.1 Å². The van der Waals surface area contributed by atoms with Crippen LogP contribution in [0.15, 0.2) is 79.4 Å². The second-order valence-corrected chi connectivity index (χ2v) is 7.51. The van der Waals surface area contributed by atoms with Gasteiger partial charge in [-0.15, -0.1) is 0 Å². The second kappa shape index (κ2) is 8.93. The third-order valence-corrected chi connectivity index (χ3v) is 5.35. The highest BCUT2D eigenvalue weighted by atomic mass is 32.1. The Hall–Kier alpha value is -2.79. The predicted octanol–water partition coefficient (Wildman–Crippen LogP) is 5.78. The number of unbranched alkanes of at least 4 members (excludes halogenated alkanes) is 1. The lowest BCUT2D eigenvalue weighted by molar-refractivity contribution is 0.579. The minimum Gasteiger partial charge on any atom is -0.341 e. The van der Waals surface area contributed by atoms with Gasteiger partial charge in [0.15, 0.2) is 0 Å². The summed E-state index contributed by atoms with van der Waals surface area (Å²) >= 11 is 4.84. The van der Waals surface area contributed by atoms with Crippen molar-refractivity contribution < 1.29 is 0 Å². The molecule has 0 aliphatic carbocycles. The number of hydrogen-bond donors (Lipinski definition) is 2. The first-order valence-corrected chi connectivity index (χ1v) is 10.2. The SMILES string of the molecule is SC(CCCCn1ccnc1)c1nc(-c2ccccc2)c(-c2ccccc2)[nH]1. The Morgan fingerprint density at radius 1 is 0.929 bits per heavy atom. The zero-order valence-electron chi connectivity index (χ0n) is 15.7. The highest BCUT2D eigenvalue weighted by molar-refractivity contribution is 7.80. The van der Waals surface area contributed by atoms with Gasteiger partial charge in [0.2, 0.25) is 0 Å². The maximum atomic E-state index is 4.94. The van der Waals surface area contributed by atoms with Crippen LogP contribution in [0.4, 0.5) is 0 Å². The first-order valence-electron chi connectivity index (χ1n) is 9.66. The summed E-state index contributed by atoms with van der Waals surface area (Å²) in [6.45, 7) is 0.989. The Balaban J connectivity index is 1.51. The molecule has 142 valence electrons. The summed E-state index contributed by atoms with van der Waals surface area (Å²) in [5.74, 6) is 0.934. The van der Waals surface area contributed by atoms with Crippen LogP contribution in [0, 0.1) is 0 Å². The van der Waals surface area contributed by atoms with Crippen molar-refractivity contribution in [3.8, 4) is 22.5 Å². The molecule has 2 aromatic carbocycles. The van der Waals surface area contributed by atoms with Crippen molar-refractivity contribution in [2.75, 3.05) is 0 Å². The molecule has 4 rings (SSSR count). The summed E-state index contributed by atoms with van der Waals surface area (Å²) in [4.78, 5) is 12.6. The van der Waals surface area contributed by atoms with Gasteiger partial charge in [-0.3, -0.25) is 0 Å². The number of aromatic nitrogens is 4. The molecule has 0 amide bonds. The Morgan fingerprint density at radius 2 is 1.64 bits per heavy atom. The standard InChI is InChI=1S/C23H24N4S/c28-20(13-7-8-15-27-16-14-24-17-27)23-25-21(18-9-3-1-4-10-18)22(26-23)19-11-5-2-6-12-19/h1-6,9-12,14,16-17,20,28H,7-8,13,15H2,(H,25,26). The normalized spacial score (nSPS) is 12.2. The van der Waals surface area contributed by atoms with Gasteiger partial charge in [-0.05, 0) is 12.8 Å². The van der Waals surface area contributed by atoms with Crippen molar-refractivity contribution in [3.05, 3.63) is 85.2 Å². The number of benzene rings is 2. The van der Waals surface area contributed by atoms with E-state index in [1.54, 1.807) is 0 Å². The van der Waals surface area contributed by atoms with Crippen LogP contribution in [-0.4, -0.2) is 19.5 Å². The van der Waals surface area contributed by atoms with Crippen molar-refractivity contribution >= 4 is 12.6 Å². The van der Waals surface area contributed by atoms with E-state index >= 15 is 0 Å². The zero-order chi connectivity index (χ0) is 19.2. The van der Waals surface area contributed by atoms with Crippen LogP contribution in [-0.2, 0) is 6.54 Å². The van der Waals surface area contributed by atoms with Gasteiger partial charge < -0.3 is 9.55 Å². The number of thiol groups is 1. The molecule has 2 aromatic heterocycles. The molecule has 1 atom stereocenters. The minimum absolute atomic E-state index is 0.0858. The van der Waals surface area contributed by atoms with E-state index in [4.69, 9.17) is 17.6 Å². The molecule has 2 heterocycles. The predicted molar refractivity (Wildman–Crippen MR) is 117 cm³/mol. The molecule has 0 spiro atoms. The van der Waals surface area contributed by atoms with Crippen LogP contribution < -0.4 is 0 Å². The Labute approximate surface area is 171 Å². The third-order valence-electron chi connectivity index (χ3n) is 4.85. The van der Waals surface area contributed by atoms with Crippen molar-refractivity contribution in [2.45, 2.75) is 31.1 Å². The van der Waals surface area contributed by atoms with Crippen LogP contribution >= 0.6 is 12.6 Å². The lowest BCUT2D eigenvalue weighted by Crippen LogP contribution is -1.97. The monoisotopic (exact) mass is 388 g/mol. The quantitative estimate of drug-likeness (QED) is 0.297. The Bertz CT molecular complexity index is 921. The van der Waals surface area contributed by atoms with E-state index in [2.05, 4.69) is 50.9 Å². The summed E-state index contributed by atoms with van der Waals surface area (Å²) in [6.07, 6.45) is 8.86. The molecule has 0 fully saturated rings. The van der Waals surface area contributed by atoms with E-state index in [-0.39, 0.29) is 5.25 Å². The van der Waals surface area contributed by atoms with Gasteiger partial charge in [-0.1, -0.05) is 67.1 Å². The number of nitrogens with one attached hydrogen (secondary N) is 1. The largest absolute Gasteiger partial charge is 0.341 e. The summed E-state index contributed by atoms with van der Waals surface area (Å²) in [5.41, 5.74) is 4.30. The molecule has 4 nitrogen and oxygen atoms in total. The molecule has 0 aliphatic heterocycles. The highest BCUT2D eigenvalue weighted by Gasteiger charge is 2.17. The fraction of sp³-hybridized carbons (Fsp3) is 0.217. The smallest absolute Gasteiger partial charge is 0.120 e. The third kappa shape index (κ3) is 4.37. The molecule has 4 aromatic rings. The van der Waals surface area contributed by atoms with Crippen LogP contribution in [0.1, 0.15) is 30.3 Å². The summed E-state index contributed by atoms with van der Waals surface area (Å²) in [5, 5.41) is 0.0858. The van der Waals surface area contributed by atoms with Crippen LogP contribution in [0.25, 0.3) is 22.5 Å². The van der Waals surface area contributed by atoms with Crippen molar-refractivity contribution in [2.24, 2.45) is 0 Å². The molecule has 28 heavy (non-hydrogen) atoms. The molecular weight excluding hydrogens is 364 g/mol. The molecule has 1 unspecified atom stereocenters. The van der Waals surface area contributed by atoms with Gasteiger partial charge >= 0.3 is 0 Å². The molecule has 0 saturated heterocycles. The molecule has 0 radical (unpaired) electrons. The van der Waals surface area contributed by atoms with Gasteiger partial charge in [-0.2, -0.15) is 12.6 Å². The van der Waals surface area contributed by atoms with Crippen LogP contribution in [0.2, 0.25) is 0 Å². The summed E-state index contributed by atoms with van der Waals surface area (Å²) in [6, 6.07) is 20.7. The number of nitrogens with zero attached hydrogens (tertiary/aromatic N) is 3. The minimum atomic E-state index is 0.0858. The second-order valence-electron chi connectivity index (χ2n) is 6.89. The number of rotatable bonds is 8. The molecule has 0 saturated carbocycles. The lowest BCUT2D eigenvalue weighted by atomic mass is 10.1. The molecule has 5 heteroatoms. The molecular formula is C23H24N4S. The molecule has 0 aliphatic rings. The maximum Gasteiger partial charge on any atom is 0.120 e. The average Bonchev–Trinajstić information content (AvgIpc) is 3.42. The first-order chi connectivity index (χ1) is 13.8. The van der Waals surface area contributed by atoms with Gasteiger partial charge in [-0.25, -0.2) is 9.97 Å². The van der Waals surface area contributed by atoms with Gasteiger partial charge in [0, 0.05) is 30.1 Å². The van der Waals surface area contributed by atoms with Crippen molar-refractivity contribution in [3.63, 3.8) is 0 Å².